The van der Waals surface area contributed by atoms with Crippen LogP contribution in [0, 0.1) is 5.82 Å². The Morgan fingerprint density at radius 1 is 1.33 bits per heavy atom. The molecular formula is C14H24FN3O2S. The monoisotopic (exact) mass is 317 g/mol. The maximum atomic E-state index is 13.3. The Morgan fingerprint density at radius 3 is 2.62 bits per heavy atom. The minimum atomic E-state index is -3.76. The van der Waals surface area contributed by atoms with Gasteiger partial charge < -0.3 is 10.6 Å². The number of rotatable bonds is 8. The predicted octanol–water partition coefficient (Wildman–Crippen LogP) is 1.81. The summed E-state index contributed by atoms with van der Waals surface area (Å²) in [4.78, 5) is 1.99. The molecule has 1 aromatic carbocycles. The summed E-state index contributed by atoms with van der Waals surface area (Å²) in [6, 6.07) is 4.23. The molecule has 0 amide bonds. The molecule has 5 nitrogen and oxygen atoms in total. The summed E-state index contributed by atoms with van der Waals surface area (Å²) in [7, 11) is -1.73. The van der Waals surface area contributed by atoms with E-state index in [2.05, 4.69) is 23.5 Å². The molecule has 0 radical (unpaired) electrons. The molecule has 0 spiro atoms. The number of nitrogens with one attached hydrogen (secondary N) is 1. The number of unbranched alkanes of at least 4 members (excludes halogenated alkanes) is 1. The second-order valence-electron chi connectivity index (χ2n) is 5.33. The number of hydrogen-bond donors (Lipinski definition) is 2. The Kier molecular flexibility index (Phi) is 6.57. The summed E-state index contributed by atoms with van der Waals surface area (Å²) >= 11 is 0. The zero-order valence-electron chi connectivity index (χ0n) is 12.8. The van der Waals surface area contributed by atoms with Crippen molar-refractivity contribution < 1.29 is 12.8 Å². The summed E-state index contributed by atoms with van der Waals surface area (Å²) < 4.78 is 39.8. The van der Waals surface area contributed by atoms with Crippen LogP contribution in [0.3, 0.4) is 0 Å². The Hall–Kier alpha value is -1.18. The van der Waals surface area contributed by atoms with Crippen LogP contribution in [0.2, 0.25) is 0 Å². The molecule has 1 aromatic rings. The van der Waals surface area contributed by atoms with Crippen LogP contribution in [-0.4, -0.2) is 39.5 Å². The van der Waals surface area contributed by atoms with Crippen molar-refractivity contribution in [2.45, 2.75) is 37.6 Å². The Morgan fingerprint density at radius 2 is 2.00 bits per heavy atom. The average molecular weight is 317 g/mol. The summed E-state index contributed by atoms with van der Waals surface area (Å²) in [6.07, 6.45) is 1.60. The van der Waals surface area contributed by atoms with E-state index in [0.29, 0.717) is 19.0 Å². The normalized spacial score (nSPS) is 12.3. The van der Waals surface area contributed by atoms with Crippen molar-refractivity contribution in [2.24, 2.45) is 0 Å². The highest BCUT2D eigenvalue weighted by Crippen LogP contribution is 2.20. The lowest BCUT2D eigenvalue weighted by molar-refractivity contribution is 0.268. The number of nitrogens with zero attached hydrogens (tertiary/aromatic N) is 1. The maximum absolute atomic E-state index is 13.3. The number of hydrogen-bond acceptors (Lipinski definition) is 4. The van der Waals surface area contributed by atoms with Crippen LogP contribution in [0.25, 0.3) is 0 Å². The summed E-state index contributed by atoms with van der Waals surface area (Å²) in [6.45, 7) is 5.43. The predicted molar refractivity (Wildman–Crippen MR) is 83.0 cm³/mol. The minimum Gasteiger partial charge on any atom is -0.395 e. The van der Waals surface area contributed by atoms with E-state index in [-0.39, 0.29) is 10.6 Å². The van der Waals surface area contributed by atoms with Gasteiger partial charge >= 0.3 is 0 Å². The second-order valence-corrected chi connectivity index (χ2v) is 7.07. The van der Waals surface area contributed by atoms with Crippen molar-refractivity contribution in [3.8, 4) is 0 Å². The van der Waals surface area contributed by atoms with Crippen molar-refractivity contribution in [3.05, 3.63) is 24.0 Å². The lowest BCUT2D eigenvalue weighted by Crippen LogP contribution is -2.29. The highest BCUT2D eigenvalue weighted by molar-refractivity contribution is 7.89. The summed E-state index contributed by atoms with van der Waals surface area (Å²) in [5, 5.41) is 0. The van der Waals surface area contributed by atoms with Gasteiger partial charge in [-0.25, -0.2) is 17.5 Å². The first kappa shape index (κ1) is 17.9. The Bertz CT molecular complexity index is 561. The van der Waals surface area contributed by atoms with Crippen molar-refractivity contribution in [1.29, 1.82) is 0 Å². The number of halogens is 1. The van der Waals surface area contributed by atoms with Gasteiger partial charge in [0.2, 0.25) is 10.0 Å². The van der Waals surface area contributed by atoms with Gasteiger partial charge in [-0.15, -0.1) is 0 Å². The van der Waals surface area contributed by atoms with Crippen LogP contribution in [0.5, 0.6) is 0 Å². The van der Waals surface area contributed by atoms with Gasteiger partial charge in [0.05, 0.1) is 5.69 Å². The van der Waals surface area contributed by atoms with Crippen LogP contribution < -0.4 is 10.5 Å². The van der Waals surface area contributed by atoms with Gasteiger partial charge in [-0.1, -0.05) is 6.07 Å². The Balaban J connectivity index is 2.49. The van der Waals surface area contributed by atoms with E-state index < -0.39 is 15.8 Å². The molecule has 1 rings (SSSR count). The average Bonchev–Trinajstić information content (AvgIpc) is 2.40. The van der Waals surface area contributed by atoms with Gasteiger partial charge in [-0.05, 0) is 52.4 Å². The molecule has 0 saturated carbocycles. The third-order valence-electron chi connectivity index (χ3n) is 3.41. The molecule has 0 unspecified atom stereocenters. The summed E-state index contributed by atoms with van der Waals surface area (Å²) in [5.74, 6) is -0.726. The van der Waals surface area contributed by atoms with Crippen molar-refractivity contribution in [2.75, 3.05) is 25.9 Å². The van der Waals surface area contributed by atoms with E-state index >= 15 is 0 Å². The van der Waals surface area contributed by atoms with Gasteiger partial charge in [0, 0.05) is 12.6 Å². The van der Waals surface area contributed by atoms with Crippen LogP contribution in [0.15, 0.2) is 23.1 Å². The molecule has 0 saturated heterocycles. The summed E-state index contributed by atoms with van der Waals surface area (Å²) in [5.41, 5.74) is 5.13. The van der Waals surface area contributed by atoms with Gasteiger partial charge in [0.25, 0.3) is 0 Å². The fourth-order valence-electron chi connectivity index (χ4n) is 1.78. The smallest absolute Gasteiger partial charge is 0.242 e. The number of sulfonamides is 1. The number of benzene rings is 1. The molecular weight excluding hydrogens is 293 g/mol. The standard InChI is InChI=1S/C14H24FN3O2S/c1-11(2)18(3)10-5-4-9-17-21(19,20)13-8-6-7-12(15)14(13)16/h6-8,11,17H,4-5,9-10,16H2,1-3H3. The molecule has 3 N–H and O–H groups in total. The van der Waals surface area contributed by atoms with E-state index in [0.717, 1.165) is 19.0 Å². The van der Waals surface area contributed by atoms with E-state index in [9.17, 15) is 12.8 Å². The lowest BCUT2D eigenvalue weighted by Gasteiger charge is -2.20. The molecule has 21 heavy (non-hydrogen) atoms. The van der Waals surface area contributed by atoms with Gasteiger partial charge in [0.15, 0.2) is 0 Å². The number of nitrogen functional groups attached to an aromatic ring is 1. The van der Waals surface area contributed by atoms with Gasteiger partial charge in [0.1, 0.15) is 10.7 Å². The van der Waals surface area contributed by atoms with Crippen LogP contribution in [0.1, 0.15) is 26.7 Å². The molecule has 0 atom stereocenters. The highest BCUT2D eigenvalue weighted by Gasteiger charge is 2.18. The van der Waals surface area contributed by atoms with Crippen molar-refractivity contribution in [3.63, 3.8) is 0 Å². The molecule has 0 aliphatic heterocycles. The third-order valence-corrected chi connectivity index (χ3v) is 4.93. The highest BCUT2D eigenvalue weighted by atomic mass is 32.2. The first-order chi connectivity index (χ1) is 9.75. The molecule has 0 aromatic heterocycles. The number of para-hydroxylation sites is 1. The molecule has 0 heterocycles. The molecule has 0 aliphatic rings. The van der Waals surface area contributed by atoms with E-state index in [1.807, 2.05) is 7.05 Å². The maximum Gasteiger partial charge on any atom is 0.242 e. The lowest BCUT2D eigenvalue weighted by atomic mass is 10.2. The third kappa shape index (κ3) is 5.26. The first-order valence-electron chi connectivity index (χ1n) is 6.99. The fourth-order valence-corrected chi connectivity index (χ4v) is 2.99. The molecule has 0 bridgehead atoms. The quantitative estimate of drug-likeness (QED) is 0.566. The Labute approximate surface area is 126 Å². The van der Waals surface area contributed by atoms with E-state index in [1.54, 1.807) is 0 Å². The van der Waals surface area contributed by atoms with E-state index in [4.69, 9.17) is 5.73 Å². The largest absolute Gasteiger partial charge is 0.395 e. The fraction of sp³-hybridized carbons (Fsp3) is 0.571. The van der Waals surface area contributed by atoms with Crippen molar-refractivity contribution in [1.82, 2.24) is 9.62 Å². The van der Waals surface area contributed by atoms with Crippen molar-refractivity contribution >= 4 is 15.7 Å². The van der Waals surface area contributed by atoms with E-state index in [1.165, 1.54) is 12.1 Å². The second kappa shape index (κ2) is 7.72. The van der Waals surface area contributed by atoms with Crippen LogP contribution >= 0.6 is 0 Å². The molecule has 0 aliphatic carbocycles. The SMILES string of the molecule is CC(C)N(C)CCCCNS(=O)(=O)c1cccc(F)c1N. The number of anilines is 1. The first-order valence-corrected chi connectivity index (χ1v) is 8.48. The molecule has 0 fully saturated rings. The van der Waals surface area contributed by atoms with Gasteiger partial charge in [-0.2, -0.15) is 0 Å². The zero-order chi connectivity index (χ0) is 16.0. The number of nitrogens with two attached hydrogens (primary N) is 1. The zero-order valence-corrected chi connectivity index (χ0v) is 13.6. The topological polar surface area (TPSA) is 75.4 Å². The minimum absolute atomic E-state index is 0.207. The molecule has 7 heteroatoms. The van der Waals surface area contributed by atoms with Crippen LogP contribution in [0.4, 0.5) is 10.1 Å². The van der Waals surface area contributed by atoms with Gasteiger partial charge in [-0.3, -0.25) is 0 Å². The van der Waals surface area contributed by atoms with Crippen LogP contribution in [-0.2, 0) is 10.0 Å². The molecule has 120 valence electrons.